The van der Waals surface area contributed by atoms with E-state index in [1.165, 1.54) is 32.1 Å². The summed E-state index contributed by atoms with van der Waals surface area (Å²) in [5, 5.41) is 3.15. The summed E-state index contributed by atoms with van der Waals surface area (Å²) in [4.78, 5) is 11.9. The third-order valence-corrected chi connectivity index (χ3v) is 4.08. The first-order valence-corrected chi connectivity index (χ1v) is 6.76. The van der Waals surface area contributed by atoms with Crippen LogP contribution in [0.25, 0.3) is 0 Å². The lowest BCUT2D eigenvalue weighted by atomic mass is 9.92. The number of hydrogen-bond donors (Lipinski definition) is 2. The van der Waals surface area contributed by atoms with E-state index in [4.69, 9.17) is 5.73 Å². The third kappa shape index (κ3) is 3.21. The van der Waals surface area contributed by atoms with Gasteiger partial charge in [0.05, 0.1) is 0 Å². The molecule has 2 saturated carbocycles. The highest BCUT2D eigenvalue weighted by atomic mass is 16.1. The van der Waals surface area contributed by atoms with Crippen molar-refractivity contribution in [3.05, 3.63) is 0 Å². The van der Waals surface area contributed by atoms with E-state index in [0.29, 0.717) is 12.5 Å². The van der Waals surface area contributed by atoms with Crippen molar-refractivity contribution in [3.63, 3.8) is 0 Å². The monoisotopic (exact) mass is 224 g/mol. The molecule has 0 heterocycles. The van der Waals surface area contributed by atoms with Gasteiger partial charge in [-0.1, -0.05) is 32.1 Å². The van der Waals surface area contributed by atoms with Crippen molar-refractivity contribution in [2.45, 2.75) is 75.8 Å². The summed E-state index contributed by atoms with van der Waals surface area (Å²) < 4.78 is 0. The van der Waals surface area contributed by atoms with Crippen LogP contribution in [-0.2, 0) is 4.79 Å². The number of rotatable bonds is 3. The normalized spacial score (nSPS) is 25.6. The summed E-state index contributed by atoms with van der Waals surface area (Å²) in [6.45, 7) is 0. The summed E-state index contributed by atoms with van der Waals surface area (Å²) in [5.74, 6) is 0.177. The Kier molecular flexibility index (Phi) is 3.85. The second-order valence-corrected chi connectivity index (χ2v) is 5.65. The van der Waals surface area contributed by atoms with Gasteiger partial charge in [-0.05, 0) is 25.7 Å². The Morgan fingerprint density at radius 2 is 1.75 bits per heavy atom. The van der Waals surface area contributed by atoms with Crippen LogP contribution >= 0.6 is 0 Å². The van der Waals surface area contributed by atoms with Crippen LogP contribution in [0.1, 0.15) is 64.2 Å². The molecule has 0 saturated heterocycles. The number of carbonyl (C=O) groups excluding carboxylic acids is 1. The van der Waals surface area contributed by atoms with Crippen LogP contribution < -0.4 is 11.1 Å². The van der Waals surface area contributed by atoms with E-state index in [9.17, 15) is 4.79 Å². The van der Waals surface area contributed by atoms with E-state index in [0.717, 1.165) is 25.7 Å². The molecule has 92 valence electrons. The van der Waals surface area contributed by atoms with Crippen LogP contribution in [0, 0.1) is 0 Å². The number of carbonyl (C=O) groups is 1. The fourth-order valence-electron chi connectivity index (χ4n) is 3.10. The van der Waals surface area contributed by atoms with Crippen molar-refractivity contribution < 1.29 is 4.79 Å². The van der Waals surface area contributed by atoms with Gasteiger partial charge in [0.2, 0.25) is 5.91 Å². The second-order valence-electron chi connectivity index (χ2n) is 5.65. The predicted octanol–water partition coefficient (Wildman–Crippen LogP) is 2.10. The first kappa shape index (κ1) is 11.9. The first-order chi connectivity index (χ1) is 7.68. The van der Waals surface area contributed by atoms with Crippen LogP contribution in [0.15, 0.2) is 0 Å². The molecule has 3 N–H and O–H groups in total. The number of hydrogen-bond acceptors (Lipinski definition) is 2. The predicted molar refractivity (Wildman–Crippen MR) is 65.0 cm³/mol. The molecule has 2 aliphatic rings. The van der Waals surface area contributed by atoms with Crippen LogP contribution in [0.2, 0.25) is 0 Å². The van der Waals surface area contributed by atoms with Crippen molar-refractivity contribution in [1.29, 1.82) is 0 Å². The Labute approximate surface area is 98.2 Å². The minimum Gasteiger partial charge on any atom is -0.353 e. The minimum atomic E-state index is -0.196. The average molecular weight is 224 g/mol. The standard InChI is InChI=1S/C13H24N2O/c14-13(8-4-5-9-13)10-12(16)15-11-6-2-1-3-7-11/h11H,1-10,14H2,(H,15,16). The van der Waals surface area contributed by atoms with E-state index >= 15 is 0 Å². The lowest BCUT2D eigenvalue weighted by molar-refractivity contribution is -0.123. The summed E-state index contributed by atoms with van der Waals surface area (Å²) >= 11 is 0. The van der Waals surface area contributed by atoms with E-state index in [2.05, 4.69) is 5.32 Å². The number of nitrogens with one attached hydrogen (secondary N) is 1. The summed E-state index contributed by atoms with van der Waals surface area (Å²) in [7, 11) is 0. The SMILES string of the molecule is NC1(CC(=O)NC2CCCCC2)CCCC1. The Morgan fingerprint density at radius 3 is 2.38 bits per heavy atom. The van der Waals surface area contributed by atoms with Crippen molar-refractivity contribution in [2.75, 3.05) is 0 Å². The fourth-order valence-corrected chi connectivity index (χ4v) is 3.10. The van der Waals surface area contributed by atoms with E-state index in [1.54, 1.807) is 0 Å². The van der Waals surface area contributed by atoms with Gasteiger partial charge < -0.3 is 11.1 Å². The van der Waals surface area contributed by atoms with Gasteiger partial charge >= 0.3 is 0 Å². The second kappa shape index (κ2) is 5.17. The van der Waals surface area contributed by atoms with Gasteiger partial charge in [0.1, 0.15) is 0 Å². The first-order valence-electron chi connectivity index (χ1n) is 6.76. The molecule has 2 rings (SSSR count). The molecule has 3 heteroatoms. The lowest BCUT2D eigenvalue weighted by Crippen LogP contribution is -2.45. The van der Waals surface area contributed by atoms with E-state index in [1.807, 2.05) is 0 Å². The van der Waals surface area contributed by atoms with Gasteiger partial charge in [0.15, 0.2) is 0 Å². The summed E-state index contributed by atoms with van der Waals surface area (Å²) in [6, 6.07) is 0.422. The van der Waals surface area contributed by atoms with Crippen molar-refractivity contribution in [3.8, 4) is 0 Å². The maximum atomic E-state index is 11.9. The maximum Gasteiger partial charge on any atom is 0.222 e. The van der Waals surface area contributed by atoms with Crippen molar-refractivity contribution >= 4 is 5.91 Å². The van der Waals surface area contributed by atoms with Crippen molar-refractivity contribution in [2.24, 2.45) is 5.73 Å². The molecule has 1 amide bonds. The molecule has 2 fully saturated rings. The van der Waals surface area contributed by atoms with E-state index in [-0.39, 0.29) is 11.4 Å². The van der Waals surface area contributed by atoms with Gasteiger partial charge in [-0.15, -0.1) is 0 Å². The van der Waals surface area contributed by atoms with Gasteiger partial charge in [-0.2, -0.15) is 0 Å². The Morgan fingerprint density at radius 1 is 1.12 bits per heavy atom. The molecule has 0 aromatic carbocycles. The molecular formula is C13H24N2O. The smallest absolute Gasteiger partial charge is 0.222 e. The van der Waals surface area contributed by atoms with Crippen LogP contribution in [0.5, 0.6) is 0 Å². The molecule has 0 radical (unpaired) electrons. The van der Waals surface area contributed by atoms with Crippen LogP contribution in [0.3, 0.4) is 0 Å². The molecular weight excluding hydrogens is 200 g/mol. The van der Waals surface area contributed by atoms with Crippen molar-refractivity contribution in [1.82, 2.24) is 5.32 Å². The molecule has 2 aliphatic carbocycles. The topological polar surface area (TPSA) is 55.1 Å². The molecule has 3 nitrogen and oxygen atoms in total. The Balaban J connectivity index is 1.74. The van der Waals surface area contributed by atoms with Gasteiger partial charge in [0, 0.05) is 18.0 Å². The molecule has 0 atom stereocenters. The fraction of sp³-hybridized carbons (Fsp3) is 0.923. The minimum absolute atomic E-state index is 0.177. The third-order valence-electron chi connectivity index (χ3n) is 4.08. The molecule has 16 heavy (non-hydrogen) atoms. The highest BCUT2D eigenvalue weighted by molar-refractivity contribution is 5.77. The zero-order valence-electron chi connectivity index (χ0n) is 10.1. The number of nitrogens with two attached hydrogens (primary N) is 1. The van der Waals surface area contributed by atoms with Crippen LogP contribution in [-0.4, -0.2) is 17.5 Å². The molecule has 0 aromatic heterocycles. The molecule has 0 aliphatic heterocycles. The maximum absolute atomic E-state index is 11.9. The molecule has 0 aromatic rings. The van der Waals surface area contributed by atoms with Gasteiger partial charge in [-0.3, -0.25) is 4.79 Å². The molecule has 0 unspecified atom stereocenters. The average Bonchev–Trinajstić information content (AvgIpc) is 2.66. The van der Waals surface area contributed by atoms with Crippen LogP contribution in [0.4, 0.5) is 0 Å². The van der Waals surface area contributed by atoms with Gasteiger partial charge in [0.25, 0.3) is 0 Å². The highest BCUT2D eigenvalue weighted by Gasteiger charge is 2.32. The summed E-state index contributed by atoms with van der Waals surface area (Å²) in [6.07, 6.45) is 11.1. The molecule has 0 bridgehead atoms. The Bertz CT molecular complexity index is 240. The quantitative estimate of drug-likeness (QED) is 0.771. The molecule has 0 spiro atoms. The largest absolute Gasteiger partial charge is 0.353 e. The van der Waals surface area contributed by atoms with E-state index < -0.39 is 0 Å². The Hall–Kier alpha value is -0.570. The highest BCUT2D eigenvalue weighted by Crippen LogP contribution is 2.30. The summed E-state index contributed by atoms with van der Waals surface area (Å²) in [5.41, 5.74) is 6.01. The zero-order valence-corrected chi connectivity index (χ0v) is 10.1. The number of amides is 1. The zero-order chi connectivity index (χ0) is 11.4. The lowest BCUT2D eigenvalue weighted by Gasteiger charge is -2.27. The van der Waals surface area contributed by atoms with Gasteiger partial charge in [-0.25, -0.2) is 0 Å².